The molecule has 0 aromatic carbocycles. The number of carbonyl (C=O) groups excluding carboxylic acids is 2. The summed E-state index contributed by atoms with van der Waals surface area (Å²) in [6.45, 7) is 14.9. The van der Waals surface area contributed by atoms with Crippen LogP contribution in [0.5, 0.6) is 0 Å². The minimum atomic E-state index is -1.15. The van der Waals surface area contributed by atoms with Gasteiger partial charge in [-0.2, -0.15) is 13.5 Å². The van der Waals surface area contributed by atoms with E-state index in [1.165, 1.54) is 45.4 Å². The van der Waals surface area contributed by atoms with Crippen LogP contribution in [0.1, 0.15) is 112 Å². The molecule has 8 fully saturated rings. The first-order valence-corrected chi connectivity index (χ1v) is 18.9. The molecule has 0 aromatic heterocycles. The van der Waals surface area contributed by atoms with E-state index >= 15 is 0 Å². The third-order valence-corrected chi connectivity index (χ3v) is 15.6. The minimum absolute atomic E-state index is 0. The van der Waals surface area contributed by atoms with Crippen LogP contribution >= 0.6 is 13.5 Å². The van der Waals surface area contributed by atoms with Crippen molar-refractivity contribution in [1.82, 2.24) is 4.90 Å². The van der Waals surface area contributed by atoms with Gasteiger partial charge in [-0.25, -0.2) is 0 Å². The van der Waals surface area contributed by atoms with Gasteiger partial charge in [0.05, 0.1) is 43.7 Å². The predicted octanol–water partition coefficient (Wildman–Crippen LogP) is 5.37. The van der Waals surface area contributed by atoms with Crippen LogP contribution in [-0.2, 0) is 33.3 Å². The van der Waals surface area contributed by atoms with Gasteiger partial charge in [0.15, 0.2) is 12.4 Å². The van der Waals surface area contributed by atoms with Gasteiger partial charge >= 0.3 is 11.9 Å². The molecule has 1 N–H and O–H groups in total. The molecule has 13 atom stereocenters. The van der Waals surface area contributed by atoms with Crippen LogP contribution in [-0.4, -0.2) is 90.6 Å². The summed E-state index contributed by atoms with van der Waals surface area (Å²) in [5.74, 6) is 2.14. The second kappa shape index (κ2) is 12.1. The van der Waals surface area contributed by atoms with Gasteiger partial charge in [0, 0.05) is 19.9 Å². The zero-order valence-electron chi connectivity index (χ0n) is 30.1. The van der Waals surface area contributed by atoms with Crippen molar-refractivity contribution in [2.24, 2.45) is 45.3 Å². The van der Waals surface area contributed by atoms with Gasteiger partial charge < -0.3 is 28.8 Å². The van der Waals surface area contributed by atoms with Crippen LogP contribution in [0.4, 0.5) is 0 Å². The van der Waals surface area contributed by atoms with Gasteiger partial charge in [-0.3, -0.25) is 14.5 Å². The molecule has 3 heterocycles. The molecule has 8 rings (SSSR count). The molecule has 5 aliphatic carbocycles. The monoisotopic (exact) mass is 691 g/mol. The average molecular weight is 692 g/mol. The maximum absolute atomic E-state index is 12.3. The van der Waals surface area contributed by atoms with Gasteiger partial charge in [-0.15, -0.1) is 0 Å². The summed E-state index contributed by atoms with van der Waals surface area (Å²) >= 11 is 0. The lowest BCUT2D eigenvalue weighted by Crippen LogP contribution is -2.57. The second-order valence-corrected chi connectivity index (χ2v) is 18.4. The van der Waals surface area contributed by atoms with E-state index < -0.39 is 11.7 Å². The van der Waals surface area contributed by atoms with Crippen molar-refractivity contribution in [3.8, 4) is 0 Å². The van der Waals surface area contributed by atoms with Crippen molar-refractivity contribution in [2.45, 2.75) is 155 Å². The molecule has 5 saturated carbocycles. The number of nitrogens with zero attached hydrogens (tertiary/aromatic N) is 1. The topological polar surface area (TPSA) is 104 Å². The number of cyclic esters (lactones) is 1. The first-order chi connectivity index (χ1) is 22.2. The lowest BCUT2D eigenvalue weighted by atomic mass is 9.46. The quantitative estimate of drug-likeness (QED) is 0.369. The number of ether oxygens (including phenoxy) is 5. The van der Waals surface area contributed by atoms with Gasteiger partial charge in [0.1, 0.15) is 6.04 Å². The molecule has 0 bridgehead atoms. The largest absolute Gasteiger partial charge is 0.464 e. The molecule has 48 heavy (non-hydrogen) atoms. The highest BCUT2D eigenvalue weighted by molar-refractivity contribution is 7.59. The van der Waals surface area contributed by atoms with Crippen LogP contribution in [0, 0.1) is 45.3 Å². The van der Waals surface area contributed by atoms with Crippen LogP contribution in [0.3, 0.4) is 0 Å². The number of fused-ring (bicyclic) bond motifs is 4. The molecule has 3 aliphatic heterocycles. The van der Waals surface area contributed by atoms with Crippen molar-refractivity contribution in [3.05, 3.63) is 0 Å². The Bertz CT molecular complexity index is 1270. The Kier molecular flexibility index (Phi) is 8.93. The average Bonchev–Trinajstić information content (AvgIpc) is 3.30. The molecule has 2 spiro atoms. The van der Waals surface area contributed by atoms with Gasteiger partial charge in [0.25, 0.3) is 0 Å². The van der Waals surface area contributed by atoms with Crippen LogP contribution < -0.4 is 0 Å². The first kappa shape index (κ1) is 35.5. The fourth-order valence-electron chi connectivity index (χ4n) is 13.6. The van der Waals surface area contributed by atoms with E-state index in [9.17, 15) is 14.7 Å². The van der Waals surface area contributed by atoms with Gasteiger partial charge in [-0.05, 0) is 123 Å². The number of esters is 2. The zero-order chi connectivity index (χ0) is 33.1. The van der Waals surface area contributed by atoms with Crippen molar-refractivity contribution >= 4 is 25.4 Å². The number of morpholine rings is 1. The fraction of sp³-hybridized carbons (Fsp3) is 0.947. The van der Waals surface area contributed by atoms with Gasteiger partial charge in [0.2, 0.25) is 0 Å². The number of rotatable bonds is 6. The maximum atomic E-state index is 12.3. The minimum Gasteiger partial charge on any atom is -0.464 e. The smallest absolute Gasteiger partial charge is 0.323 e. The Morgan fingerprint density at radius 1 is 0.979 bits per heavy atom. The van der Waals surface area contributed by atoms with Crippen molar-refractivity contribution < 1.29 is 38.4 Å². The molecule has 3 saturated heterocycles. The standard InChI is InChI=1S/C38H59NO8.H2S/c1-22(40)45-32(35(4,5)42)27-9-7-24-28(46-27)19-25-23-8-10-29-34(2,3)30(11-13-38(29)21-37(23,38)15-14-36(24,25)6)47-31-20-39(16-18-43-31)26-12-17-44-33(26)41;/h23-32,42H,7-21H2,1-6H3;1H2/t23?,24?,25?,26-,27?,28?,29?,30-,31?,32-,36?,37?,38?;/m0./s1. The molecule has 10 unspecified atom stereocenters. The molecule has 9 nitrogen and oxygen atoms in total. The highest BCUT2D eigenvalue weighted by atomic mass is 32.1. The SMILES string of the molecule is CC(=O)O[C@@H](C1CCC2C(CC3C4CCC5C(C)(C)[C@@H](OC6CN([C@H]7CCOC7=O)CCO6)CCC56CC46CCC23C)O1)C(C)(C)O.S. The Balaban J connectivity index is 0.00000364. The molecule has 0 amide bonds. The first-order valence-electron chi connectivity index (χ1n) is 18.9. The van der Waals surface area contributed by atoms with Crippen LogP contribution in [0.25, 0.3) is 0 Å². The lowest BCUT2D eigenvalue weighted by Gasteiger charge is -2.60. The Morgan fingerprint density at radius 2 is 1.75 bits per heavy atom. The van der Waals surface area contributed by atoms with E-state index in [1.54, 1.807) is 13.8 Å². The molecule has 272 valence electrons. The van der Waals surface area contributed by atoms with E-state index in [0.29, 0.717) is 53.8 Å². The summed E-state index contributed by atoms with van der Waals surface area (Å²) in [6, 6.07) is -0.154. The van der Waals surface area contributed by atoms with Crippen LogP contribution in [0.15, 0.2) is 0 Å². The zero-order valence-corrected chi connectivity index (χ0v) is 31.1. The molecular formula is C38H61NO8S. The Hall–Kier alpha value is -0.910. The highest BCUT2D eigenvalue weighted by Gasteiger charge is 2.80. The second-order valence-electron chi connectivity index (χ2n) is 18.4. The van der Waals surface area contributed by atoms with Crippen LogP contribution in [0.2, 0.25) is 0 Å². The summed E-state index contributed by atoms with van der Waals surface area (Å²) in [6.07, 6.45) is 11.8. The van der Waals surface area contributed by atoms with Crippen molar-refractivity contribution in [2.75, 3.05) is 26.3 Å². The lowest BCUT2D eigenvalue weighted by molar-refractivity contribution is -0.247. The highest BCUT2D eigenvalue weighted by Crippen LogP contribution is 2.87. The van der Waals surface area contributed by atoms with Crippen molar-refractivity contribution in [1.29, 1.82) is 0 Å². The maximum Gasteiger partial charge on any atom is 0.323 e. The van der Waals surface area contributed by atoms with Gasteiger partial charge in [-0.1, -0.05) is 20.8 Å². The number of carbonyl (C=O) groups is 2. The number of hydrogen-bond donors (Lipinski definition) is 1. The number of aliphatic hydroxyl groups is 1. The third kappa shape index (κ3) is 5.26. The third-order valence-electron chi connectivity index (χ3n) is 15.6. The van der Waals surface area contributed by atoms with E-state index in [-0.39, 0.29) is 61.5 Å². The number of hydrogen-bond acceptors (Lipinski definition) is 9. The molecule has 8 aliphatic rings. The predicted molar refractivity (Wildman–Crippen MR) is 183 cm³/mol. The van der Waals surface area contributed by atoms with E-state index in [4.69, 9.17) is 23.7 Å². The summed E-state index contributed by atoms with van der Waals surface area (Å²) in [4.78, 5) is 26.5. The summed E-state index contributed by atoms with van der Waals surface area (Å²) < 4.78 is 30.8. The van der Waals surface area contributed by atoms with E-state index in [0.717, 1.165) is 44.6 Å². The van der Waals surface area contributed by atoms with E-state index in [1.807, 2.05) is 0 Å². The fourth-order valence-corrected chi connectivity index (χ4v) is 13.6. The molecule has 0 aromatic rings. The molecule has 0 radical (unpaired) electrons. The molecule has 10 heteroatoms. The molecular weight excluding hydrogens is 630 g/mol. The Labute approximate surface area is 294 Å². The summed E-state index contributed by atoms with van der Waals surface area (Å²) in [5, 5.41) is 10.9. The Morgan fingerprint density at radius 3 is 2.46 bits per heavy atom. The summed E-state index contributed by atoms with van der Waals surface area (Å²) in [7, 11) is 0. The normalized spacial score (nSPS) is 48.4. The van der Waals surface area contributed by atoms with Crippen molar-refractivity contribution in [3.63, 3.8) is 0 Å². The van der Waals surface area contributed by atoms with E-state index in [2.05, 4.69) is 25.7 Å². The summed E-state index contributed by atoms with van der Waals surface area (Å²) in [5.41, 5.74) is 0.0760.